The summed E-state index contributed by atoms with van der Waals surface area (Å²) in [7, 11) is 0. The number of hydrogen-bond acceptors (Lipinski definition) is 2. The van der Waals surface area contributed by atoms with Crippen LogP contribution < -0.4 is 0 Å². The first-order valence-electron chi connectivity index (χ1n) is 11.0. The standard InChI is InChI=1S/C24H23ClF6N2O/c25-19-5-3-15(4-6-19)20-14-33(10-7-21(20)32-8-1-2-9-32)22(34)16-11-17(23(26,27)28)13-18(12-16)24(29,30)31/h3-6,11-13,20-21H,1-2,7-10,14H2/t20-,21-/m0/s1. The normalized spacial score (nSPS) is 22.3. The average molecular weight is 505 g/mol. The van der Waals surface area contributed by atoms with Crippen molar-refractivity contribution in [3.05, 3.63) is 69.7 Å². The summed E-state index contributed by atoms with van der Waals surface area (Å²) < 4.78 is 79.6. The number of carbonyl (C=O) groups excluding carboxylic acids is 1. The summed E-state index contributed by atoms with van der Waals surface area (Å²) in [6.07, 6.45) is -7.31. The molecule has 184 valence electrons. The molecule has 34 heavy (non-hydrogen) atoms. The Labute approximate surface area is 198 Å². The zero-order valence-corrected chi connectivity index (χ0v) is 18.9. The summed E-state index contributed by atoms with van der Waals surface area (Å²) in [4.78, 5) is 16.9. The quantitative estimate of drug-likeness (QED) is 0.447. The number of benzene rings is 2. The van der Waals surface area contributed by atoms with Crippen LogP contribution in [0.15, 0.2) is 42.5 Å². The van der Waals surface area contributed by atoms with Gasteiger partial charge in [-0.2, -0.15) is 26.3 Å². The van der Waals surface area contributed by atoms with E-state index in [9.17, 15) is 31.1 Å². The zero-order chi connectivity index (χ0) is 24.7. The van der Waals surface area contributed by atoms with E-state index in [1.807, 2.05) is 12.1 Å². The summed E-state index contributed by atoms with van der Waals surface area (Å²) in [5.41, 5.74) is -2.67. The molecule has 2 aromatic carbocycles. The van der Waals surface area contributed by atoms with Crippen LogP contribution >= 0.6 is 11.6 Å². The number of amides is 1. The van der Waals surface area contributed by atoms with Crippen molar-refractivity contribution in [1.82, 2.24) is 9.80 Å². The second kappa shape index (κ2) is 9.41. The predicted octanol–water partition coefficient (Wildman–Crippen LogP) is 6.47. The molecule has 2 aliphatic heterocycles. The first-order valence-corrected chi connectivity index (χ1v) is 11.4. The van der Waals surface area contributed by atoms with E-state index in [4.69, 9.17) is 11.6 Å². The van der Waals surface area contributed by atoms with E-state index >= 15 is 0 Å². The van der Waals surface area contributed by atoms with E-state index in [0.717, 1.165) is 31.5 Å². The largest absolute Gasteiger partial charge is 0.416 e. The molecule has 2 fully saturated rings. The molecule has 0 spiro atoms. The van der Waals surface area contributed by atoms with Crippen molar-refractivity contribution in [2.45, 2.75) is 43.6 Å². The maximum atomic E-state index is 13.3. The van der Waals surface area contributed by atoms with Gasteiger partial charge in [0.15, 0.2) is 0 Å². The second-order valence-electron chi connectivity index (χ2n) is 8.80. The molecule has 2 aliphatic rings. The van der Waals surface area contributed by atoms with Crippen LogP contribution in [0.1, 0.15) is 52.2 Å². The van der Waals surface area contributed by atoms with Crippen molar-refractivity contribution in [3.8, 4) is 0 Å². The topological polar surface area (TPSA) is 23.6 Å². The fraction of sp³-hybridized carbons (Fsp3) is 0.458. The highest BCUT2D eigenvalue weighted by Crippen LogP contribution is 2.38. The van der Waals surface area contributed by atoms with Gasteiger partial charge in [-0.3, -0.25) is 9.69 Å². The summed E-state index contributed by atoms with van der Waals surface area (Å²) in [6.45, 7) is 2.29. The highest BCUT2D eigenvalue weighted by molar-refractivity contribution is 6.30. The van der Waals surface area contributed by atoms with Crippen molar-refractivity contribution in [2.24, 2.45) is 0 Å². The van der Waals surface area contributed by atoms with Crippen molar-refractivity contribution in [1.29, 1.82) is 0 Å². The molecule has 0 N–H and O–H groups in total. The number of halogens is 7. The molecule has 4 rings (SSSR count). The van der Waals surface area contributed by atoms with Gasteiger partial charge in [0.25, 0.3) is 5.91 Å². The van der Waals surface area contributed by atoms with Gasteiger partial charge in [0.2, 0.25) is 0 Å². The number of nitrogens with zero attached hydrogens (tertiary/aromatic N) is 2. The van der Waals surface area contributed by atoms with Crippen LogP contribution in [0.25, 0.3) is 0 Å². The highest BCUT2D eigenvalue weighted by Gasteiger charge is 2.40. The number of carbonyl (C=O) groups is 1. The highest BCUT2D eigenvalue weighted by atomic mass is 35.5. The van der Waals surface area contributed by atoms with E-state index < -0.39 is 35.0 Å². The molecule has 0 saturated carbocycles. The number of likely N-dealkylation sites (tertiary alicyclic amines) is 2. The van der Waals surface area contributed by atoms with Crippen LogP contribution in [0.4, 0.5) is 26.3 Å². The Bertz CT molecular complexity index is 999. The molecule has 3 nitrogen and oxygen atoms in total. The van der Waals surface area contributed by atoms with Gasteiger partial charge in [-0.15, -0.1) is 0 Å². The Morgan fingerprint density at radius 2 is 1.41 bits per heavy atom. The third-order valence-electron chi connectivity index (χ3n) is 6.61. The SMILES string of the molecule is O=C(c1cc(C(F)(F)F)cc(C(F)(F)F)c1)N1CC[C@H](N2CCCC2)[C@H](c2ccc(Cl)cc2)C1. The minimum Gasteiger partial charge on any atom is -0.338 e. The molecule has 2 atom stereocenters. The van der Waals surface area contributed by atoms with E-state index in [1.165, 1.54) is 4.90 Å². The minimum absolute atomic E-state index is 0.0346. The summed E-state index contributed by atoms with van der Waals surface area (Å²) in [5, 5.41) is 0.550. The molecule has 0 aliphatic carbocycles. The third kappa shape index (κ3) is 5.35. The van der Waals surface area contributed by atoms with Crippen LogP contribution in [0.5, 0.6) is 0 Å². The Balaban J connectivity index is 1.65. The Hall–Kier alpha value is -2.26. The summed E-state index contributed by atoms with van der Waals surface area (Å²) in [5.74, 6) is -0.976. The van der Waals surface area contributed by atoms with Gasteiger partial charge in [-0.25, -0.2) is 0 Å². The predicted molar refractivity (Wildman–Crippen MR) is 116 cm³/mol. The van der Waals surface area contributed by atoms with Gasteiger partial charge in [0.1, 0.15) is 0 Å². The van der Waals surface area contributed by atoms with E-state index in [0.29, 0.717) is 23.6 Å². The van der Waals surface area contributed by atoms with E-state index in [-0.39, 0.29) is 31.1 Å². The smallest absolute Gasteiger partial charge is 0.338 e. The molecule has 0 radical (unpaired) electrons. The van der Waals surface area contributed by atoms with Crippen LogP contribution in [0, 0.1) is 0 Å². The number of alkyl halides is 6. The molecule has 10 heteroatoms. The van der Waals surface area contributed by atoms with Gasteiger partial charge in [0, 0.05) is 35.6 Å². The Kier molecular flexibility index (Phi) is 6.88. The van der Waals surface area contributed by atoms with Crippen LogP contribution in [0.2, 0.25) is 5.02 Å². The lowest BCUT2D eigenvalue weighted by atomic mass is 9.84. The van der Waals surface area contributed by atoms with Crippen LogP contribution in [0.3, 0.4) is 0 Å². The monoisotopic (exact) mass is 504 g/mol. The molecular weight excluding hydrogens is 482 g/mol. The van der Waals surface area contributed by atoms with Crippen molar-refractivity contribution in [3.63, 3.8) is 0 Å². The van der Waals surface area contributed by atoms with Crippen LogP contribution in [-0.4, -0.2) is 47.9 Å². The van der Waals surface area contributed by atoms with Gasteiger partial charge in [-0.05, 0) is 68.2 Å². The lowest BCUT2D eigenvalue weighted by Gasteiger charge is -2.43. The van der Waals surface area contributed by atoms with E-state index in [1.54, 1.807) is 12.1 Å². The first kappa shape index (κ1) is 24.9. The van der Waals surface area contributed by atoms with Gasteiger partial charge < -0.3 is 4.90 Å². The van der Waals surface area contributed by atoms with Gasteiger partial charge in [0.05, 0.1) is 11.1 Å². The lowest BCUT2D eigenvalue weighted by Crippen LogP contribution is -2.50. The van der Waals surface area contributed by atoms with Crippen molar-refractivity contribution in [2.75, 3.05) is 26.2 Å². The van der Waals surface area contributed by atoms with Gasteiger partial charge in [-0.1, -0.05) is 23.7 Å². The molecule has 0 unspecified atom stereocenters. The lowest BCUT2D eigenvalue weighted by molar-refractivity contribution is -0.143. The number of piperidine rings is 1. The number of rotatable bonds is 3. The summed E-state index contributed by atoms with van der Waals surface area (Å²) in [6, 6.07) is 8.35. The molecule has 2 heterocycles. The Morgan fingerprint density at radius 1 is 0.853 bits per heavy atom. The molecule has 0 aromatic heterocycles. The Morgan fingerprint density at radius 3 is 1.94 bits per heavy atom. The maximum absolute atomic E-state index is 13.3. The second-order valence-corrected chi connectivity index (χ2v) is 9.24. The third-order valence-corrected chi connectivity index (χ3v) is 6.86. The molecular formula is C24H23ClF6N2O. The van der Waals surface area contributed by atoms with Crippen molar-refractivity contribution < 1.29 is 31.1 Å². The maximum Gasteiger partial charge on any atom is 0.416 e. The molecule has 0 bridgehead atoms. The zero-order valence-electron chi connectivity index (χ0n) is 18.1. The molecule has 2 saturated heterocycles. The first-order chi connectivity index (χ1) is 15.9. The average Bonchev–Trinajstić information content (AvgIpc) is 3.32. The van der Waals surface area contributed by atoms with E-state index in [2.05, 4.69) is 4.90 Å². The number of hydrogen-bond donors (Lipinski definition) is 0. The van der Waals surface area contributed by atoms with Crippen molar-refractivity contribution >= 4 is 17.5 Å². The molecule has 2 aromatic rings. The molecule has 1 amide bonds. The fourth-order valence-corrected chi connectivity index (χ4v) is 5.06. The van der Waals surface area contributed by atoms with Crippen LogP contribution in [-0.2, 0) is 12.4 Å². The minimum atomic E-state index is -5.01. The fourth-order valence-electron chi connectivity index (χ4n) is 4.93. The summed E-state index contributed by atoms with van der Waals surface area (Å²) >= 11 is 6.02. The van der Waals surface area contributed by atoms with Gasteiger partial charge >= 0.3 is 12.4 Å².